The van der Waals surface area contributed by atoms with Gasteiger partial charge in [0, 0.05) is 51.5 Å². The van der Waals surface area contributed by atoms with Crippen molar-refractivity contribution in [2.75, 3.05) is 46.0 Å². The molecule has 30 heavy (non-hydrogen) atoms. The molecule has 0 radical (unpaired) electrons. The first-order valence-electron chi connectivity index (χ1n) is 10.9. The van der Waals surface area contributed by atoms with Crippen molar-refractivity contribution in [2.24, 2.45) is 0 Å². The number of hydrogen-bond acceptors (Lipinski definition) is 5. The lowest BCUT2D eigenvalue weighted by Gasteiger charge is -2.28. The second kappa shape index (κ2) is 12.3. The highest BCUT2D eigenvalue weighted by Gasteiger charge is 2.16. The Bertz CT molecular complexity index is 746. The third-order valence-electron chi connectivity index (χ3n) is 5.34. The number of amides is 1. The fraction of sp³-hybridized carbons (Fsp3) is 0.500. The maximum Gasteiger partial charge on any atom is 0.223 e. The van der Waals surface area contributed by atoms with Crippen molar-refractivity contribution >= 4 is 5.91 Å². The zero-order chi connectivity index (χ0) is 21.0. The molecule has 1 aromatic heterocycles. The summed E-state index contributed by atoms with van der Waals surface area (Å²) in [5.74, 6) is 1.07. The lowest BCUT2D eigenvalue weighted by molar-refractivity contribution is -0.132. The molecular weight excluding hydrogens is 378 g/mol. The van der Waals surface area contributed by atoms with Gasteiger partial charge in [0.1, 0.15) is 5.75 Å². The standard InChI is InChI=1S/C24H33N3O3/c1-2-30-23-7-4-21(5-8-23)6-9-24(28)27(20-22-10-12-25-13-11-22)15-3-14-26-16-18-29-19-17-26/h4-5,7-8,10-13H,2-3,6,9,14-20H2,1H3. The number of carbonyl (C=O) groups excluding carboxylic acids is 1. The summed E-state index contributed by atoms with van der Waals surface area (Å²) in [6.45, 7) is 8.61. The van der Waals surface area contributed by atoms with Gasteiger partial charge < -0.3 is 14.4 Å². The first-order chi connectivity index (χ1) is 14.7. The van der Waals surface area contributed by atoms with Crippen LogP contribution >= 0.6 is 0 Å². The van der Waals surface area contributed by atoms with Gasteiger partial charge in [-0.05, 0) is 55.2 Å². The summed E-state index contributed by atoms with van der Waals surface area (Å²) in [6, 6.07) is 12.0. The molecule has 2 heterocycles. The first kappa shape index (κ1) is 22.2. The average molecular weight is 412 g/mol. The Hall–Kier alpha value is -2.44. The van der Waals surface area contributed by atoms with Crippen LogP contribution in [0.4, 0.5) is 0 Å². The molecule has 3 rings (SSSR count). The van der Waals surface area contributed by atoms with Crippen LogP contribution in [0.3, 0.4) is 0 Å². The van der Waals surface area contributed by atoms with Gasteiger partial charge in [0.2, 0.25) is 5.91 Å². The predicted molar refractivity (Wildman–Crippen MR) is 117 cm³/mol. The third kappa shape index (κ3) is 7.43. The number of benzene rings is 1. The number of aryl methyl sites for hydroxylation is 1. The van der Waals surface area contributed by atoms with Gasteiger partial charge in [0.25, 0.3) is 0 Å². The summed E-state index contributed by atoms with van der Waals surface area (Å²) in [5, 5.41) is 0. The molecule has 6 nitrogen and oxygen atoms in total. The Morgan fingerprint density at radius 2 is 1.83 bits per heavy atom. The van der Waals surface area contributed by atoms with E-state index in [0.717, 1.165) is 69.1 Å². The van der Waals surface area contributed by atoms with Crippen LogP contribution in [0.25, 0.3) is 0 Å². The van der Waals surface area contributed by atoms with E-state index >= 15 is 0 Å². The topological polar surface area (TPSA) is 54.9 Å². The Balaban J connectivity index is 1.53. The molecule has 162 valence electrons. The molecule has 1 aliphatic rings. The smallest absolute Gasteiger partial charge is 0.223 e. The van der Waals surface area contributed by atoms with Crippen LogP contribution in [-0.4, -0.2) is 66.7 Å². The summed E-state index contributed by atoms with van der Waals surface area (Å²) < 4.78 is 10.9. The molecule has 0 N–H and O–H groups in total. The lowest BCUT2D eigenvalue weighted by atomic mass is 10.1. The number of carbonyl (C=O) groups is 1. The van der Waals surface area contributed by atoms with Crippen molar-refractivity contribution < 1.29 is 14.3 Å². The first-order valence-corrected chi connectivity index (χ1v) is 10.9. The Morgan fingerprint density at radius 1 is 1.10 bits per heavy atom. The van der Waals surface area contributed by atoms with E-state index in [0.29, 0.717) is 19.6 Å². The van der Waals surface area contributed by atoms with Gasteiger partial charge in [-0.25, -0.2) is 0 Å². The van der Waals surface area contributed by atoms with Gasteiger partial charge in [0.05, 0.1) is 19.8 Å². The van der Waals surface area contributed by atoms with Gasteiger partial charge in [-0.3, -0.25) is 14.7 Å². The van der Waals surface area contributed by atoms with Crippen LogP contribution in [0, 0.1) is 0 Å². The van der Waals surface area contributed by atoms with E-state index in [4.69, 9.17) is 9.47 Å². The van der Waals surface area contributed by atoms with E-state index in [-0.39, 0.29) is 5.91 Å². The van der Waals surface area contributed by atoms with Crippen molar-refractivity contribution in [2.45, 2.75) is 32.7 Å². The number of hydrogen-bond donors (Lipinski definition) is 0. The second-order valence-corrected chi connectivity index (χ2v) is 7.56. The average Bonchev–Trinajstić information content (AvgIpc) is 2.79. The van der Waals surface area contributed by atoms with Crippen molar-refractivity contribution in [1.82, 2.24) is 14.8 Å². The molecule has 0 aliphatic carbocycles. The summed E-state index contributed by atoms with van der Waals surface area (Å²) in [5.41, 5.74) is 2.27. The highest BCUT2D eigenvalue weighted by atomic mass is 16.5. The van der Waals surface area contributed by atoms with Gasteiger partial charge >= 0.3 is 0 Å². The van der Waals surface area contributed by atoms with Crippen LogP contribution in [-0.2, 0) is 22.5 Å². The molecule has 6 heteroatoms. The molecule has 1 aliphatic heterocycles. The van der Waals surface area contributed by atoms with Crippen LogP contribution in [0.15, 0.2) is 48.8 Å². The molecule has 1 aromatic carbocycles. The summed E-state index contributed by atoms with van der Waals surface area (Å²) in [7, 11) is 0. The van der Waals surface area contributed by atoms with E-state index < -0.39 is 0 Å². The molecular formula is C24H33N3O3. The zero-order valence-corrected chi connectivity index (χ0v) is 18.0. The molecule has 0 saturated carbocycles. The van der Waals surface area contributed by atoms with E-state index in [1.807, 2.05) is 48.2 Å². The molecule has 1 saturated heterocycles. The number of morpholine rings is 1. The number of rotatable bonds is 11. The summed E-state index contributed by atoms with van der Waals surface area (Å²) >= 11 is 0. The second-order valence-electron chi connectivity index (χ2n) is 7.56. The zero-order valence-electron chi connectivity index (χ0n) is 18.0. The fourth-order valence-electron chi connectivity index (χ4n) is 3.64. The van der Waals surface area contributed by atoms with Crippen molar-refractivity contribution in [1.29, 1.82) is 0 Å². The fourth-order valence-corrected chi connectivity index (χ4v) is 3.64. The van der Waals surface area contributed by atoms with Gasteiger partial charge in [-0.15, -0.1) is 0 Å². The van der Waals surface area contributed by atoms with E-state index in [1.54, 1.807) is 12.4 Å². The Labute approximate surface area is 179 Å². The minimum atomic E-state index is 0.197. The summed E-state index contributed by atoms with van der Waals surface area (Å²) in [6.07, 6.45) is 5.79. The molecule has 0 atom stereocenters. The number of pyridine rings is 1. The van der Waals surface area contributed by atoms with Crippen LogP contribution in [0.1, 0.15) is 30.9 Å². The highest BCUT2D eigenvalue weighted by molar-refractivity contribution is 5.76. The molecule has 2 aromatic rings. The van der Waals surface area contributed by atoms with Crippen molar-refractivity contribution in [3.63, 3.8) is 0 Å². The Kier molecular flexibility index (Phi) is 9.12. The molecule has 0 unspecified atom stereocenters. The van der Waals surface area contributed by atoms with Gasteiger partial charge in [0.15, 0.2) is 0 Å². The number of ether oxygens (including phenoxy) is 2. The largest absolute Gasteiger partial charge is 0.494 e. The van der Waals surface area contributed by atoms with E-state index in [9.17, 15) is 4.79 Å². The maximum absolute atomic E-state index is 13.0. The molecule has 1 fully saturated rings. The van der Waals surface area contributed by atoms with E-state index in [1.165, 1.54) is 0 Å². The van der Waals surface area contributed by atoms with Crippen molar-refractivity contribution in [3.05, 3.63) is 59.9 Å². The summed E-state index contributed by atoms with van der Waals surface area (Å²) in [4.78, 5) is 21.5. The number of aromatic nitrogens is 1. The normalized spacial score (nSPS) is 14.4. The van der Waals surface area contributed by atoms with E-state index in [2.05, 4.69) is 9.88 Å². The van der Waals surface area contributed by atoms with Crippen LogP contribution < -0.4 is 4.74 Å². The molecule has 1 amide bonds. The lowest BCUT2D eigenvalue weighted by Crippen LogP contribution is -2.39. The number of nitrogens with zero attached hydrogens (tertiary/aromatic N) is 3. The maximum atomic E-state index is 13.0. The van der Waals surface area contributed by atoms with Crippen LogP contribution in [0.5, 0.6) is 5.75 Å². The monoisotopic (exact) mass is 411 g/mol. The SMILES string of the molecule is CCOc1ccc(CCC(=O)N(CCCN2CCOCC2)Cc2ccncc2)cc1. The highest BCUT2D eigenvalue weighted by Crippen LogP contribution is 2.15. The van der Waals surface area contributed by atoms with Gasteiger partial charge in [-0.2, -0.15) is 0 Å². The molecule has 0 spiro atoms. The minimum absolute atomic E-state index is 0.197. The minimum Gasteiger partial charge on any atom is -0.494 e. The quantitative estimate of drug-likeness (QED) is 0.569. The third-order valence-corrected chi connectivity index (χ3v) is 5.34. The Morgan fingerprint density at radius 3 is 2.53 bits per heavy atom. The van der Waals surface area contributed by atoms with Crippen molar-refractivity contribution in [3.8, 4) is 5.75 Å². The predicted octanol–water partition coefficient (Wildman–Crippen LogP) is 3.16. The molecule has 0 bridgehead atoms. The van der Waals surface area contributed by atoms with Gasteiger partial charge in [-0.1, -0.05) is 12.1 Å². The van der Waals surface area contributed by atoms with Crippen LogP contribution in [0.2, 0.25) is 0 Å².